The van der Waals surface area contributed by atoms with Gasteiger partial charge in [-0.05, 0) is 35.2 Å². The van der Waals surface area contributed by atoms with Gasteiger partial charge in [-0.2, -0.15) is 0 Å². The third-order valence-electron chi connectivity index (χ3n) is 4.46. The predicted molar refractivity (Wildman–Crippen MR) is 119 cm³/mol. The summed E-state index contributed by atoms with van der Waals surface area (Å²) < 4.78 is 9.41. The molecule has 30 heavy (non-hydrogen) atoms. The Morgan fingerprint density at radius 3 is 1.87 bits per heavy atom. The van der Waals surface area contributed by atoms with Gasteiger partial charge in [-0.25, -0.2) is 0 Å². The van der Waals surface area contributed by atoms with E-state index in [2.05, 4.69) is 4.74 Å². The Bertz CT molecular complexity index is 909. The third kappa shape index (κ3) is 7.72. The summed E-state index contributed by atoms with van der Waals surface area (Å²) >= 11 is 5.86. The molecule has 0 N–H and O–H groups in total. The van der Waals surface area contributed by atoms with Gasteiger partial charge in [0, 0.05) is 5.02 Å². The summed E-state index contributed by atoms with van der Waals surface area (Å²) in [5.74, 6) is -0.704. The van der Waals surface area contributed by atoms with E-state index in [1.807, 2.05) is 84.9 Å². The second-order valence-electron chi connectivity index (χ2n) is 6.56. The van der Waals surface area contributed by atoms with Crippen LogP contribution in [0.2, 0.25) is 5.02 Å². The number of methoxy groups -OCH3 is 2. The number of hydrogen-bond donors (Lipinski definition) is 0. The SMILES string of the molecule is COC(=O)C(Cc1ccc(Cl)cc1)c1ccccc1.COC(=O)Cc1ccccc1. The Labute approximate surface area is 182 Å². The Morgan fingerprint density at radius 2 is 1.33 bits per heavy atom. The third-order valence-corrected chi connectivity index (χ3v) is 4.71. The van der Waals surface area contributed by atoms with Crippen molar-refractivity contribution < 1.29 is 19.1 Å². The molecule has 5 heteroatoms. The zero-order valence-electron chi connectivity index (χ0n) is 17.1. The molecule has 3 aromatic rings. The van der Waals surface area contributed by atoms with Crippen LogP contribution in [0.25, 0.3) is 0 Å². The van der Waals surface area contributed by atoms with Crippen LogP contribution in [0.1, 0.15) is 22.6 Å². The molecule has 0 spiro atoms. The van der Waals surface area contributed by atoms with Gasteiger partial charge in [-0.3, -0.25) is 9.59 Å². The van der Waals surface area contributed by atoms with Gasteiger partial charge in [0.2, 0.25) is 0 Å². The second kappa shape index (κ2) is 12.5. The fraction of sp³-hybridized carbons (Fsp3) is 0.200. The van der Waals surface area contributed by atoms with E-state index in [4.69, 9.17) is 16.3 Å². The van der Waals surface area contributed by atoms with Crippen molar-refractivity contribution >= 4 is 23.5 Å². The predicted octanol–water partition coefficient (Wildman–Crippen LogP) is 5.24. The summed E-state index contributed by atoms with van der Waals surface area (Å²) in [4.78, 5) is 22.7. The van der Waals surface area contributed by atoms with Gasteiger partial charge in [-0.15, -0.1) is 0 Å². The molecule has 0 saturated heterocycles. The van der Waals surface area contributed by atoms with Crippen LogP contribution in [0.5, 0.6) is 0 Å². The molecule has 0 saturated carbocycles. The number of rotatable bonds is 6. The van der Waals surface area contributed by atoms with Gasteiger partial charge < -0.3 is 9.47 Å². The fourth-order valence-corrected chi connectivity index (χ4v) is 2.98. The lowest BCUT2D eigenvalue weighted by atomic mass is 9.92. The van der Waals surface area contributed by atoms with Crippen LogP contribution in [0, 0.1) is 0 Å². The minimum absolute atomic E-state index is 0.198. The second-order valence-corrected chi connectivity index (χ2v) is 6.99. The maximum Gasteiger partial charge on any atom is 0.313 e. The van der Waals surface area contributed by atoms with E-state index in [9.17, 15) is 9.59 Å². The lowest BCUT2D eigenvalue weighted by molar-refractivity contribution is -0.142. The first-order valence-electron chi connectivity index (χ1n) is 9.51. The number of carbonyl (C=O) groups excluding carboxylic acids is 2. The summed E-state index contributed by atoms with van der Waals surface area (Å²) in [6, 6.07) is 26.7. The van der Waals surface area contributed by atoms with Crippen LogP contribution in [0.15, 0.2) is 84.9 Å². The molecule has 0 heterocycles. The summed E-state index contributed by atoms with van der Waals surface area (Å²) in [5, 5.41) is 0.693. The lowest BCUT2D eigenvalue weighted by Crippen LogP contribution is -2.16. The molecule has 156 valence electrons. The normalized spacial score (nSPS) is 10.9. The minimum atomic E-state index is -0.285. The zero-order valence-corrected chi connectivity index (χ0v) is 17.8. The number of ether oxygens (including phenoxy) is 2. The molecule has 4 nitrogen and oxygen atoms in total. The molecule has 0 aromatic heterocycles. The molecule has 1 unspecified atom stereocenters. The average Bonchev–Trinajstić information content (AvgIpc) is 2.80. The molecule has 0 amide bonds. The number of halogens is 1. The zero-order chi connectivity index (χ0) is 21.8. The molecule has 1 atom stereocenters. The largest absolute Gasteiger partial charge is 0.469 e. The Morgan fingerprint density at radius 1 is 0.767 bits per heavy atom. The minimum Gasteiger partial charge on any atom is -0.469 e. The quantitative estimate of drug-likeness (QED) is 0.507. The highest BCUT2D eigenvalue weighted by Gasteiger charge is 2.21. The average molecular weight is 425 g/mol. The van der Waals surface area contributed by atoms with Gasteiger partial charge >= 0.3 is 11.9 Å². The van der Waals surface area contributed by atoms with Crippen molar-refractivity contribution in [1.29, 1.82) is 0 Å². The molecule has 0 aliphatic carbocycles. The van der Waals surface area contributed by atoms with Crippen molar-refractivity contribution in [2.75, 3.05) is 14.2 Å². The maximum atomic E-state index is 11.9. The monoisotopic (exact) mass is 424 g/mol. The van der Waals surface area contributed by atoms with Crippen molar-refractivity contribution in [2.45, 2.75) is 18.8 Å². The van der Waals surface area contributed by atoms with Crippen molar-refractivity contribution in [3.63, 3.8) is 0 Å². The van der Waals surface area contributed by atoms with E-state index < -0.39 is 0 Å². The van der Waals surface area contributed by atoms with Crippen molar-refractivity contribution in [1.82, 2.24) is 0 Å². The van der Waals surface area contributed by atoms with Crippen LogP contribution in [-0.4, -0.2) is 26.2 Å². The van der Waals surface area contributed by atoms with E-state index in [-0.39, 0.29) is 17.9 Å². The Kier molecular flexibility index (Phi) is 9.62. The molecular weight excluding hydrogens is 400 g/mol. The van der Waals surface area contributed by atoms with E-state index in [0.29, 0.717) is 17.9 Å². The molecule has 3 rings (SSSR count). The van der Waals surface area contributed by atoms with E-state index in [1.54, 1.807) is 0 Å². The van der Waals surface area contributed by atoms with E-state index >= 15 is 0 Å². The standard InChI is InChI=1S/C16H15ClO2.C9H10O2/c1-19-16(18)15(13-5-3-2-4-6-13)11-12-7-9-14(17)10-8-12;1-11-9(10)7-8-5-3-2-4-6-8/h2-10,15H,11H2,1H3;2-6H,7H2,1H3. The van der Waals surface area contributed by atoms with Crippen molar-refractivity contribution in [3.05, 3.63) is 107 Å². The molecule has 0 radical (unpaired) electrons. The highest BCUT2D eigenvalue weighted by molar-refractivity contribution is 6.30. The van der Waals surface area contributed by atoms with Gasteiger partial charge in [0.1, 0.15) is 0 Å². The summed E-state index contributed by atoms with van der Waals surface area (Å²) in [7, 11) is 2.81. The number of benzene rings is 3. The molecule has 3 aromatic carbocycles. The highest BCUT2D eigenvalue weighted by Crippen LogP contribution is 2.23. The van der Waals surface area contributed by atoms with Crippen LogP contribution in [0.3, 0.4) is 0 Å². The summed E-state index contributed by atoms with van der Waals surface area (Å²) in [6.45, 7) is 0. The molecule has 0 bridgehead atoms. The van der Waals surface area contributed by atoms with E-state index in [0.717, 1.165) is 16.7 Å². The first kappa shape index (κ1) is 23.2. The Balaban J connectivity index is 0.000000248. The van der Waals surface area contributed by atoms with Gasteiger partial charge in [0.05, 0.1) is 26.6 Å². The fourth-order valence-electron chi connectivity index (χ4n) is 2.86. The van der Waals surface area contributed by atoms with Crippen molar-refractivity contribution in [2.24, 2.45) is 0 Å². The molecule has 0 aliphatic heterocycles. The highest BCUT2D eigenvalue weighted by atomic mass is 35.5. The first-order chi connectivity index (χ1) is 14.5. The lowest BCUT2D eigenvalue weighted by Gasteiger charge is -2.15. The van der Waals surface area contributed by atoms with Crippen LogP contribution >= 0.6 is 11.6 Å². The van der Waals surface area contributed by atoms with Crippen LogP contribution in [0.4, 0.5) is 0 Å². The molecule has 0 aliphatic rings. The summed E-state index contributed by atoms with van der Waals surface area (Å²) in [6.07, 6.45) is 0.963. The topological polar surface area (TPSA) is 52.6 Å². The van der Waals surface area contributed by atoms with Crippen molar-refractivity contribution in [3.8, 4) is 0 Å². The summed E-state index contributed by atoms with van der Waals surface area (Å²) in [5.41, 5.74) is 3.01. The van der Waals surface area contributed by atoms with Gasteiger partial charge in [0.15, 0.2) is 0 Å². The molecular formula is C25H25ClO4. The Hall–Kier alpha value is -3.11. The number of carbonyl (C=O) groups is 2. The maximum absolute atomic E-state index is 11.9. The number of hydrogen-bond acceptors (Lipinski definition) is 4. The smallest absolute Gasteiger partial charge is 0.313 e. The van der Waals surface area contributed by atoms with E-state index in [1.165, 1.54) is 14.2 Å². The van der Waals surface area contributed by atoms with Crippen LogP contribution < -0.4 is 0 Å². The van der Waals surface area contributed by atoms with Gasteiger partial charge in [-0.1, -0.05) is 84.4 Å². The van der Waals surface area contributed by atoms with Gasteiger partial charge in [0.25, 0.3) is 0 Å². The number of esters is 2. The molecule has 0 fully saturated rings. The van der Waals surface area contributed by atoms with Crippen LogP contribution in [-0.2, 0) is 31.9 Å². The first-order valence-corrected chi connectivity index (χ1v) is 9.89.